The summed E-state index contributed by atoms with van der Waals surface area (Å²) in [6.07, 6.45) is 4.87. The molecule has 0 amide bonds. The van der Waals surface area contributed by atoms with Crippen LogP contribution in [-0.2, 0) is 0 Å². The Labute approximate surface area is 97.7 Å². The normalized spacial score (nSPS) is 30.4. The number of nitrogen functional groups attached to an aromatic ring is 1. The topological polar surface area (TPSA) is 42.2 Å². The Bertz CT molecular complexity index is 364. The summed E-state index contributed by atoms with van der Waals surface area (Å²) in [6, 6.07) is 2.58. The molecule has 3 nitrogen and oxygen atoms in total. The number of anilines is 2. The predicted molar refractivity (Wildman–Crippen MR) is 68.4 cm³/mol. The molecule has 1 fully saturated rings. The number of aromatic nitrogens is 1. The highest BCUT2D eigenvalue weighted by Crippen LogP contribution is 2.33. The fourth-order valence-corrected chi connectivity index (χ4v) is 2.69. The summed E-state index contributed by atoms with van der Waals surface area (Å²) in [5.41, 5.74) is 7.93. The van der Waals surface area contributed by atoms with Crippen LogP contribution in [0.4, 0.5) is 11.4 Å². The first-order valence-electron chi connectivity index (χ1n) is 6.05. The molecule has 0 saturated carbocycles. The van der Waals surface area contributed by atoms with Gasteiger partial charge < -0.3 is 10.6 Å². The monoisotopic (exact) mass is 219 g/mol. The highest BCUT2D eigenvalue weighted by molar-refractivity contribution is 5.66. The molecule has 2 rings (SSSR count). The van der Waals surface area contributed by atoms with Crippen LogP contribution in [0.25, 0.3) is 0 Å². The summed E-state index contributed by atoms with van der Waals surface area (Å²) < 4.78 is 0. The highest BCUT2D eigenvalue weighted by Gasteiger charge is 2.29. The van der Waals surface area contributed by atoms with Crippen molar-refractivity contribution >= 4 is 11.4 Å². The standard InChI is InChI=1S/C13H21N3/c1-9-6-10(2)11(3)16(8-9)13-4-5-15-7-12(13)14/h4-5,7,9-11H,6,8,14H2,1-3H3. The van der Waals surface area contributed by atoms with Gasteiger partial charge in [0.2, 0.25) is 0 Å². The molecule has 1 aromatic heterocycles. The third-order valence-corrected chi connectivity index (χ3v) is 3.73. The van der Waals surface area contributed by atoms with E-state index in [0.717, 1.165) is 29.8 Å². The smallest absolute Gasteiger partial charge is 0.0738 e. The molecular weight excluding hydrogens is 198 g/mol. The summed E-state index contributed by atoms with van der Waals surface area (Å²) in [5.74, 6) is 1.45. The summed E-state index contributed by atoms with van der Waals surface area (Å²) in [6.45, 7) is 8.02. The van der Waals surface area contributed by atoms with Crippen LogP contribution < -0.4 is 10.6 Å². The molecule has 16 heavy (non-hydrogen) atoms. The quantitative estimate of drug-likeness (QED) is 0.789. The third kappa shape index (κ3) is 1.99. The lowest BCUT2D eigenvalue weighted by molar-refractivity contribution is 0.297. The van der Waals surface area contributed by atoms with Crippen molar-refractivity contribution in [2.24, 2.45) is 11.8 Å². The number of nitrogens with two attached hydrogens (primary N) is 1. The molecular formula is C13H21N3. The number of piperidine rings is 1. The van der Waals surface area contributed by atoms with Gasteiger partial charge in [-0.25, -0.2) is 0 Å². The van der Waals surface area contributed by atoms with Gasteiger partial charge in [-0.1, -0.05) is 13.8 Å². The lowest BCUT2D eigenvalue weighted by Gasteiger charge is -2.43. The van der Waals surface area contributed by atoms with Crippen LogP contribution in [-0.4, -0.2) is 17.6 Å². The zero-order valence-electron chi connectivity index (χ0n) is 10.4. The van der Waals surface area contributed by atoms with Crippen molar-refractivity contribution in [2.75, 3.05) is 17.2 Å². The predicted octanol–water partition coefficient (Wildman–Crippen LogP) is 2.53. The third-order valence-electron chi connectivity index (χ3n) is 3.73. The lowest BCUT2D eigenvalue weighted by atomic mass is 9.85. The Kier molecular flexibility index (Phi) is 3.03. The second-order valence-corrected chi connectivity index (χ2v) is 5.15. The maximum Gasteiger partial charge on any atom is 0.0738 e. The minimum Gasteiger partial charge on any atom is -0.396 e. The van der Waals surface area contributed by atoms with Gasteiger partial charge in [0.05, 0.1) is 17.6 Å². The highest BCUT2D eigenvalue weighted by atomic mass is 15.2. The average Bonchev–Trinajstić information content (AvgIpc) is 2.24. The average molecular weight is 219 g/mol. The van der Waals surface area contributed by atoms with Crippen LogP contribution in [0.2, 0.25) is 0 Å². The van der Waals surface area contributed by atoms with Gasteiger partial charge in [0.25, 0.3) is 0 Å². The lowest BCUT2D eigenvalue weighted by Crippen LogP contribution is -2.46. The Morgan fingerprint density at radius 1 is 1.38 bits per heavy atom. The van der Waals surface area contributed by atoms with Crippen LogP contribution in [0.15, 0.2) is 18.5 Å². The van der Waals surface area contributed by atoms with Crippen molar-refractivity contribution < 1.29 is 0 Å². The second-order valence-electron chi connectivity index (χ2n) is 5.15. The fourth-order valence-electron chi connectivity index (χ4n) is 2.69. The van der Waals surface area contributed by atoms with Gasteiger partial charge in [0.1, 0.15) is 0 Å². The molecule has 0 aliphatic carbocycles. The van der Waals surface area contributed by atoms with E-state index in [0.29, 0.717) is 6.04 Å². The van der Waals surface area contributed by atoms with E-state index in [4.69, 9.17) is 5.73 Å². The van der Waals surface area contributed by atoms with Crippen LogP contribution in [0, 0.1) is 11.8 Å². The maximum absolute atomic E-state index is 6.00. The molecule has 2 N–H and O–H groups in total. The molecule has 0 spiro atoms. The summed E-state index contributed by atoms with van der Waals surface area (Å²) >= 11 is 0. The van der Waals surface area contributed by atoms with Gasteiger partial charge in [-0.15, -0.1) is 0 Å². The Balaban J connectivity index is 2.29. The molecule has 88 valence electrons. The van der Waals surface area contributed by atoms with Crippen molar-refractivity contribution in [3.63, 3.8) is 0 Å². The van der Waals surface area contributed by atoms with E-state index in [-0.39, 0.29) is 0 Å². The molecule has 3 atom stereocenters. The second kappa shape index (κ2) is 4.32. The van der Waals surface area contributed by atoms with E-state index in [1.165, 1.54) is 6.42 Å². The molecule has 2 heterocycles. The molecule has 3 heteroatoms. The summed E-state index contributed by atoms with van der Waals surface area (Å²) in [4.78, 5) is 6.48. The molecule has 1 aliphatic heterocycles. The van der Waals surface area contributed by atoms with Crippen LogP contribution in [0.1, 0.15) is 27.2 Å². The van der Waals surface area contributed by atoms with Gasteiger partial charge in [0, 0.05) is 18.8 Å². The van der Waals surface area contributed by atoms with Gasteiger partial charge in [-0.2, -0.15) is 0 Å². The Morgan fingerprint density at radius 2 is 2.12 bits per heavy atom. The summed E-state index contributed by atoms with van der Waals surface area (Å²) in [5, 5.41) is 0. The number of hydrogen-bond acceptors (Lipinski definition) is 3. The van der Waals surface area contributed by atoms with Crippen molar-refractivity contribution in [1.29, 1.82) is 0 Å². The van der Waals surface area contributed by atoms with Crippen LogP contribution in [0.3, 0.4) is 0 Å². The first kappa shape index (κ1) is 11.2. The van der Waals surface area contributed by atoms with Gasteiger partial charge in [-0.3, -0.25) is 4.98 Å². The van der Waals surface area contributed by atoms with E-state index < -0.39 is 0 Å². The summed E-state index contributed by atoms with van der Waals surface area (Å²) in [7, 11) is 0. The molecule has 1 aliphatic rings. The molecule has 3 unspecified atom stereocenters. The zero-order chi connectivity index (χ0) is 11.7. The van der Waals surface area contributed by atoms with E-state index in [1.807, 2.05) is 12.3 Å². The largest absolute Gasteiger partial charge is 0.396 e. The van der Waals surface area contributed by atoms with Gasteiger partial charge >= 0.3 is 0 Å². The van der Waals surface area contributed by atoms with Crippen molar-refractivity contribution in [3.05, 3.63) is 18.5 Å². The van der Waals surface area contributed by atoms with Crippen LogP contribution >= 0.6 is 0 Å². The number of pyridine rings is 1. The van der Waals surface area contributed by atoms with E-state index in [2.05, 4.69) is 30.7 Å². The van der Waals surface area contributed by atoms with Crippen molar-refractivity contribution in [3.8, 4) is 0 Å². The first-order chi connectivity index (χ1) is 7.59. The SMILES string of the molecule is CC1CC(C)C(C)N(c2ccncc2N)C1. The number of nitrogens with zero attached hydrogens (tertiary/aromatic N) is 2. The van der Waals surface area contributed by atoms with Gasteiger partial charge in [-0.05, 0) is 31.2 Å². The minimum absolute atomic E-state index is 0.556. The molecule has 0 bridgehead atoms. The minimum atomic E-state index is 0.556. The molecule has 1 saturated heterocycles. The fraction of sp³-hybridized carbons (Fsp3) is 0.615. The molecule has 0 radical (unpaired) electrons. The Morgan fingerprint density at radius 3 is 2.81 bits per heavy atom. The van der Waals surface area contributed by atoms with Crippen molar-refractivity contribution in [1.82, 2.24) is 4.98 Å². The van der Waals surface area contributed by atoms with E-state index in [9.17, 15) is 0 Å². The van der Waals surface area contributed by atoms with Crippen molar-refractivity contribution in [2.45, 2.75) is 33.2 Å². The zero-order valence-corrected chi connectivity index (χ0v) is 10.4. The first-order valence-corrected chi connectivity index (χ1v) is 6.05. The molecule has 0 aromatic carbocycles. The van der Waals surface area contributed by atoms with Gasteiger partial charge in [0.15, 0.2) is 0 Å². The maximum atomic E-state index is 6.00. The molecule has 1 aromatic rings. The van der Waals surface area contributed by atoms with E-state index in [1.54, 1.807) is 6.20 Å². The van der Waals surface area contributed by atoms with Crippen LogP contribution in [0.5, 0.6) is 0 Å². The number of hydrogen-bond donors (Lipinski definition) is 1. The number of rotatable bonds is 1. The Hall–Kier alpha value is -1.25. The van der Waals surface area contributed by atoms with E-state index >= 15 is 0 Å².